The number of carbonyl (C=O) groups is 1. The molecule has 5 heteroatoms. The maximum absolute atomic E-state index is 12.3. The van der Waals surface area contributed by atoms with Crippen molar-refractivity contribution < 1.29 is 4.79 Å². The lowest BCUT2D eigenvalue weighted by atomic mass is 9.89. The van der Waals surface area contributed by atoms with Gasteiger partial charge in [0.15, 0.2) is 4.96 Å². The average molecular weight is 339 g/mol. The van der Waals surface area contributed by atoms with Gasteiger partial charge in [-0.15, -0.1) is 11.3 Å². The van der Waals surface area contributed by atoms with Gasteiger partial charge in [-0.1, -0.05) is 18.2 Å². The fourth-order valence-electron chi connectivity index (χ4n) is 3.42. The molecule has 0 saturated carbocycles. The molecule has 1 unspecified atom stereocenters. The molecule has 2 heterocycles. The Kier molecular flexibility index (Phi) is 4.10. The summed E-state index contributed by atoms with van der Waals surface area (Å²) in [6.45, 7) is 2.05. The highest BCUT2D eigenvalue weighted by Gasteiger charge is 2.15. The number of nitrogens with one attached hydrogen (secondary N) is 1. The van der Waals surface area contributed by atoms with Crippen LogP contribution in [0.25, 0.3) is 4.96 Å². The molecule has 1 N–H and O–H groups in total. The monoisotopic (exact) mass is 339 g/mol. The van der Waals surface area contributed by atoms with Crippen LogP contribution in [0.5, 0.6) is 0 Å². The number of hydrogen-bond donors (Lipinski definition) is 1. The second kappa shape index (κ2) is 6.40. The van der Waals surface area contributed by atoms with E-state index in [-0.39, 0.29) is 11.9 Å². The Labute approximate surface area is 145 Å². The van der Waals surface area contributed by atoms with Gasteiger partial charge in [0, 0.05) is 17.8 Å². The smallest absolute Gasteiger partial charge is 0.226 e. The van der Waals surface area contributed by atoms with Gasteiger partial charge in [-0.3, -0.25) is 9.20 Å². The van der Waals surface area contributed by atoms with Gasteiger partial charge < -0.3 is 5.32 Å². The molecular weight excluding hydrogens is 318 g/mol. The quantitative estimate of drug-likeness (QED) is 0.788. The number of thiazole rings is 1. The number of hydrogen-bond acceptors (Lipinski definition) is 3. The first-order chi connectivity index (χ1) is 11.7. The second-order valence-corrected chi connectivity index (χ2v) is 7.40. The number of imidazole rings is 1. The molecule has 4 nitrogen and oxygen atoms in total. The molecule has 1 amide bonds. The Morgan fingerprint density at radius 1 is 1.33 bits per heavy atom. The summed E-state index contributed by atoms with van der Waals surface area (Å²) in [6, 6.07) is 6.68. The van der Waals surface area contributed by atoms with E-state index in [1.54, 1.807) is 11.3 Å². The largest absolute Gasteiger partial charge is 0.349 e. The van der Waals surface area contributed by atoms with Crippen LogP contribution in [0.2, 0.25) is 0 Å². The van der Waals surface area contributed by atoms with Crippen LogP contribution in [-0.2, 0) is 24.1 Å². The van der Waals surface area contributed by atoms with E-state index in [1.807, 2.05) is 29.1 Å². The number of rotatable bonds is 4. The van der Waals surface area contributed by atoms with Crippen LogP contribution in [0.15, 0.2) is 36.0 Å². The van der Waals surface area contributed by atoms with Crippen molar-refractivity contribution >= 4 is 22.2 Å². The summed E-state index contributed by atoms with van der Waals surface area (Å²) in [5.41, 5.74) is 4.93. The second-order valence-electron chi connectivity index (χ2n) is 6.53. The first kappa shape index (κ1) is 15.4. The third-order valence-electron chi connectivity index (χ3n) is 4.73. The zero-order valence-electron chi connectivity index (χ0n) is 13.8. The summed E-state index contributed by atoms with van der Waals surface area (Å²) in [4.78, 5) is 17.7. The number of nitrogens with zero attached hydrogens (tertiary/aromatic N) is 2. The number of amides is 1. The normalized spacial score (nSPS) is 15.2. The number of benzene rings is 1. The zero-order valence-corrected chi connectivity index (χ0v) is 14.6. The lowest BCUT2D eigenvalue weighted by Crippen LogP contribution is -2.28. The number of aromatic nitrogens is 2. The molecule has 3 aromatic rings. The zero-order chi connectivity index (χ0) is 16.5. The molecule has 2 aromatic heterocycles. The highest BCUT2D eigenvalue weighted by atomic mass is 32.1. The van der Waals surface area contributed by atoms with Gasteiger partial charge >= 0.3 is 0 Å². The number of carbonyl (C=O) groups excluding carboxylic acids is 1. The van der Waals surface area contributed by atoms with Crippen molar-refractivity contribution in [1.82, 2.24) is 14.7 Å². The lowest BCUT2D eigenvalue weighted by molar-refractivity contribution is -0.121. The molecule has 1 atom stereocenters. The third-order valence-corrected chi connectivity index (χ3v) is 5.51. The van der Waals surface area contributed by atoms with Gasteiger partial charge in [0.25, 0.3) is 0 Å². The van der Waals surface area contributed by atoms with Crippen molar-refractivity contribution in [3.8, 4) is 0 Å². The van der Waals surface area contributed by atoms with E-state index in [0.717, 1.165) is 17.1 Å². The standard InChI is InChI=1S/C19H21N3OS/c1-13(15-7-6-14-4-2-3-5-16(14)10-15)20-18(23)11-17-12-22-8-9-24-19(22)21-17/h6-10,12-13H,2-5,11H2,1H3,(H,20,23). The van der Waals surface area contributed by atoms with E-state index in [0.29, 0.717) is 6.42 Å². The molecule has 1 aromatic carbocycles. The maximum atomic E-state index is 12.3. The van der Waals surface area contributed by atoms with Crippen LogP contribution < -0.4 is 5.32 Å². The highest BCUT2D eigenvalue weighted by Crippen LogP contribution is 2.24. The SMILES string of the molecule is CC(NC(=O)Cc1cn2ccsc2n1)c1ccc2c(c1)CCCC2. The number of aryl methyl sites for hydroxylation is 2. The molecule has 1 aliphatic rings. The van der Waals surface area contributed by atoms with Crippen molar-refractivity contribution in [1.29, 1.82) is 0 Å². The van der Waals surface area contributed by atoms with Crippen LogP contribution in [0.4, 0.5) is 0 Å². The van der Waals surface area contributed by atoms with Gasteiger partial charge in [0.05, 0.1) is 18.2 Å². The maximum Gasteiger partial charge on any atom is 0.226 e. The van der Waals surface area contributed by atoms with Crippen molar-refractivity contribution in [2.24, 2.45) is 0 Å². The predicted molar refractivity (Wildman–Crippen MR) is 96.4 cm³/mol. The minimum absolute atomic E-state index is 0.0194. The van der Waals surface area contributed by atoms with Crippen LogP contribution in [0.3, 0.4) is 0 Å². The molecule has 124 valence electrons. The van der Waals surface area contributed by atoms with Crippen molar-refractivity contribution in [3.05, 3.63) is 58.4 Å². The van der Waals surface area contributed by atoms with Crippen LogP contribution in [-0.4, -0.2) is 15.3 Å². The van der Waals surface area contributed by atoms with Crippen LogP contribution in [0, 0.1) is 0 Å². The summed E-state index contributed by atoms with van der Waals surface area (Å²) in [5.74, 6) is 0.0194. The van der Waals surface area contributed by atoms with Gasteiger partial charge in [0.1, 0.15) is 0 Å². The Bertz CT molecular complexity index is 851. The van der Waals surface area contributed by atoms with E-state index in [9.17, 15) is 4.79 Å². The summed E-state index contributed by atoms with van der Waals surface area (Å²) in [7, 11) is 0. The van der Waals surface area contributed by atoms with Crippen LogP contribution >= 0.6 is 11.3 Å². The summed E-state index contributed by atoms with van der Waals surface area (Å²) in [5, 5.41) is 5.09. The Morgan fingerprint density at radius 3 is 3.00 bits per heavy atom. The molecule has 0 bridgehead atoms. The average Bonchev–Trinajstić information content (AvgIpc) is 3.15. The summed E-state index contributed by atoms with van der Waals surface area (Å²) in [6.07, 6.45) is 9.13. The Hall–Kier alpha value is -2.14. The van der Waals surface area contributed by atoms with Gasteiger partial charge in [0.2, 0.25) is 5.91 Å². The predicted octanol–water partition coefficient (Wildman–Crippen LogP) is 3.69. The van der Waals surface area contributed by atoms with Crippen LogP contribution in [0.1, 0.15) is 48.2 Å². The Balaban J connectivity index is 1.42. The summed E-state index contributed by atoms with van der Waals surface area (Å²) >= 11 is 1.58. The molecule has 1 aliphatic carbocycles. The van der Waals surface area contributed by atoms with E-state index in [1.165, 1.54) is 36.0 Å². The molecule has 24 heavy (non-hydrogen) atoms. The van der Waals surface area contributed by atoms with E-state index in [4.69, 9.17) is 0 Å². The topological polar surface area (TPSA) is 46.4 Å². The number of fused-ring (bicyclic) bond motifs is 2. The van der Waals surface area contributed by atoms with E-state index in [2.05, 4.69) is 28.5 Å². The first-order valence-corrected chi connectivity index (χ1v) is 9.39. The Morgan fingerprint density at radius 2 is 2.17 bits per heavy atom. The molecule has 0 saturated heterocycles. The molecule has 0 aliphatic heterocycles. The van der Waals surface area contributed by atoms with E-state index < -0.39 is 0 Å². The van der Waals surface area contributed by atoms with Gasteiger partial charge in [-0.05, 0) is 49.3 Å². The van der Waals surface area contributed by atoms with Crippen molar-refractivity contribution in [3.63, 3.8) is 0 Å². The fraction of sp³-hybridized carbons (Fsp3) is 0.368. The highest BCUT2D eigenvalue weighted by molar-refractivity contribution is 7.15. The van der Waals surface area contributed by atoms with Crippen molar-refractivity contribution in [2.75, 3.05) is 0 Å². The van der Waals surface area contributed by atoms with Crippen molar-refractivity contribution in [2.45, 2.75) is 45.1 Å². The molecule has 0 radical (unpaired) electrons. The molecule has 0 spiro atoms. The first-order valence-electron chi connectivity index (χ1n) is 8.51. The van der Waals surface area contributed by atoms with Gasteiger partial charge in [-0.25, -0.2) is 4.98 Å². The van der Waals surface area contributed by atoms with E-state index >= 15 is 0 Å². The minimum atomic E-state index is 0.0194. The van der Waals surface area contributed by atoms with Gasteiger partial charge in [-0.2, -0.15) is 0 Å². The minimum Gasteiger partial charge on any atom is -0.349 e. The molecule has 0 fully saturated rings. The summed E-state index contributed by atoms with van der Waals surface area (Å²) < 4.78 is 1.96. The fourth-order valence-corrected chi connectivity index (χ4v) is 4.14. The third kappa shape index (κ3) is 3.08. The molecule has 4 rings (SSSR count). The lowest BCUT2D eigenvalue weighted by Gasteiger charge is -2.20. The molecular formula is C19H21N3OS.